The first-order valence-corrected chi connectivity index (χ1v) is 8.74. The van der Waals surface area contributed by atoms with Crippen LogP contribution in [0.3, 0.4) is 0 Å². The van der Waals surface area contributed by atoms with E-state index in [0.717, 1.165) is 6.42 Å². The van der Waals surface area contributed by atoms with Crippen LogP contribution in [0.15, 0.2) is 35.3 Å². The van der Waals surface area contributed by atoms with E-state index in [0.29, 0.717) is 19.0 Å². The van der Waals surface area contributed by atoms with Gasteiger partial charge in [0, 0.05) is 6.54 Å². The molecule has 0 aliphatic rings. The van der Waals surface area contributed by atoms with Gasteiger partial charge >= 0.3 is 6.09 Å². The number of amides is 1. The first-order valence-electron chi connectivity index (χ1n) is 8.74. The molecule has 0 bridgehead atoms. The molecule has 4 N–H and O–H groups in total. The first kappa shape index (κ1) is 20.8. The fraction of sp³-hybridized carbons (Fsp3) is 0.579. The summed E-state index contributed by atoms with van der Waals surface area (Å²) in [4.78, 5) is 16.3. The molecular weight excluding hydrogens is 316 g/mol. The van der Waals surface area contributed by atoms with E-state index in [1.54, 1.807) is 0 Å². The molecule has 25 heavy (non-hydrogen) atoms. The number of aliphatic imine (C=N–C) groups is 1. The Balaban J connectivity index is 2.43. The van der Waals surface area contributed by atoms with E-state index in [9.17, 15) is 4.79 Å². The third-order valence-electron chi connectivity index (χ3n) is 3.53. The summed E-state index contributed by atoms with van der Waals surface area (Å²) in [5.41, 5.74) is 6.64. The van der Waals surface area contributed by atoms with Crippen LogP contribution in [0.4, 0.5) is 4.79 Å². The highest BCUT2D eigenvalue weighted by Gasteiger charge is 2.21. The number of carbonyl (C=O) groups is 1. The van der Waals surface area contributed by atoms with E-state index in [1.165, 1.54) is 5.56 Å². The van der Waals surface area contributed by atoms with Gasteiger partial charge in [0.15, 0.2) is 5.96 Å². The van der Waals surface area contributed by atoms with Crippen LogP contribution in [0, 0.1) is 5.92 Å². The van der Waals surface area contributed by atoms with E-state index in [1.807, 2.05) is 52.8 Å². The first-order chi connectivity index (χ1) is 11.7. The van der Waals surface area contributed by atoms with Crippen molar-refractivity contribution in [1.82, 2.24) is 10.6 Å². The normalized spacial score (nSPS) is 13.4. The van der Waals surface area contributed by atoms with Gasteiger partial charge in [-0.25, -0.2) is 4.79 Å². The number of nitrogens with two attached hydrogens (primary N) is 1. The molecule has 1 atom stereocenters. The molecule has 0 heterocycles. The zero-order valence-corrected chi connectivity index (χ0v) is 16.0. The standard InChI is InChI=1S/C19H32N4O2/c1-14(2)16(23-18(24)25-19(3,4)5)13-22-17(20)21-12-11-15-9-7-6-8-10-15/h6-10,14,16H,11-13H2,1-5H3,(H,23,24)(H3,20,21,22). The second-order valence-electron chi connectivity index (χ2n) is 7.39. The molecule has 0 aliphatic carbocycles. The van der Waals surface area contributed by atoms with Crippen molar-refractivity contribution < 1.29 is 9.53 Å². The molecule has 0 spiro atoms. The molecule has 1 aromatic rings. The largest absolute Gasteiger partial charge is 0.444 e. The Morgan fingerprint density at radius 1 is 1.24 bits per heavy atom. The molecule has 1 rings (SSSR count). The van der Waals surface area contributed by atoms with Gasteiger partial charge < -0.3 is 21.1 Å². The highest BCUT2D eigenvalue weighted by atomic mass is 16.6. The molecule has 0 saturated carbocycles. The van der Waals surface area contributed by atoms with Crippen molar-refractivity contribution >= 4 is 12.1 Å². The maximum atomic E-state index is 11.9. The van der Waals surface area contributed by atoms with Crippen LogP contribution >= 0.6 is 0 Å². The number of hydrogen-bond donors (Lipinski definition) is 3. The Morgan fingerprint density at radius 2 is 1.88 bits per heavy atom. The van der Waals surface area contributed by atoms with Crippen LogP contribution in [0.2, 0.25) is 0 Å². The average molecular weight is 348 g/mol. The summed E-state index contributed by atoms with van der Waals surface area (Å²) in [5, 5.41) is 5.96. The summed E-state index contributed by atoms with van der Waals surface area (Å²) in [6, 6.07) is 10.0. The summed E-state index contributed by atoms with van der Waals surface area (Å²) in [7, 11) is 0. The lowest BCUT2D eigenvalue weighted by molar-refractivity contribution is 0.0493. The molecule has 0 fully saturated rings. The Bertz CT molecular complexity index is 550. The summed E-state index contributed by atoms with van der Waals surface area (Å²) < 4.78 is 5.29. The monoisotopic (exact) mass is 348 g/mol. The fourth-order valence-electron chi connectivity index (χ4n) is 2.11. The number of benzene rings is 1. The minimum absolute atomic E-state index is 0.135. The van der Waals surface area contributed by atoms with Gasteiger partial charge in [0.2, 0.25) is 0 Å². The Morgan fingerprint density at radius 3 is 2.44 bits per heavy atom. The maximum Gasteiger partial charge on any atom is 0.407 e. The smallest absolute Gasteiger partial charge is 0.407 e. The van der Waals surface area contributed by atoms with Crippen molar-refractivity contribution in [2.45, 2.75) is 52.7 Å². The lowest BCUT2D eigenvalue weighted by Gasteiger charge is -2.25. The maximum absolute atomic E-state index is 11.9. The van der Waals surface area contributed by atoms with Gasteiger partial charge in [0.05, 0.1) is 12.6 Å². The third kappa shape index (κ3) is 9.59. The van der Waals surface area contributed by atoms with Crippen LogP contribution < -0.4 is 16.4 Å². The zero-order valence-electron chi connectivity index (χ0n) is 16.0. The lowest BCUT2D eigenvalue weighted by atomic mass is 10.1. The molecule has 6 nitrogen and oxygen atoms in total. The van der Waals surface area contributed by atoms with E-state index >= 15 is 0 Å². The minimum Gasteiger partial charge on any atom is -0.444 e. The number of guanidine groups is 1. The summed E-state index contributed by atoms with van der Waals surface area (Å²) in [6.07, 6.45) is 0.442. The summed E-state index contributed by atoms with van der Waals surface area (Å²) >= 11 is 0. The van der Waals surface area contributed by atoms with Crippen LogP contribution in [-0.4, -0.2) is 36.8 Å². The van der Waals surface area contributed by atoms with Gasteiger partial charge in [0.1, 0.15) is 5.60 Å². The second kappa shape index (κ2) is 9.91. The number of rotatable bonds is 7. The van der Waals surface area contributed by atoms with E-state index in [-0.39, 0.29) is 12.0 Å². The molecule has 1 unspecified atom stereocenters. The van der Waals surface area contributed by atoms with Crippen LogP contribution in [0.25, 0.3) is 0 Å². The number of ether oxygens (including phenoxy) is 1. The molecular formula is C19H32N4O2. The fourth-order valence-corrected chi connectivity index (χ4v) is 2.11. The van der Waals surface area contributed by atoms with Gasteiger partial charge in [-0.1, -0.05) is 44.2 Å². The van der Waals surface area contributed by atoms with Gasteiger partial charge in [-0.2, -0.15) is 0 Å². The predicted octanol–water partition coefficient (Wildman–Crippen LogP) is 2.68. The third-order valence-corrected chi connectivity index (χ3v) is 3.53. The molecule has 1 aromatic carbocycles. The molecule has 1 amide bonds. The number of hydrogen-bond acceptors (Lipinski definition) is 3. The molecule has 0 aliphatic heterocycles. The highest BCUT2D eigenvalue weighted by Crippen LogP contribution is 2.09. The highest BCUT2D eigenvalue weighted by molar-refractivity contribution is 5.77. The second-order valence-corrected chi connectivity index (χ2v) is 7.39. The van der Waals surface area contributed by atoms with Crippen molar-refractivity contribution in [3.05, 3.63) is 35.9 Å². The molecule has 0 saturated heterocycles. The number of nitrogens with zero attached hydrogens (tertiary/aromatic N) is 1. The Hall–Kier alpha value is -2.24. The number of nitrogens with one attached hydrogen (secondary N) is 2. The minimum atomic E-state index is -0.521. The summed E-state index contributed by atoms with van der Waals surface area (Å²) in [6.45, 7) is 10.7. The molecule has 0 aromatic heterocycles. The van der Waals surface area contributed by atoms with Gasteiger partial charge in [-0.3, -0.25) is 4.99 Å². The van der Waals surface area contributed by atoms with Gasteiger partial charge in [-0.15, -0.1) is 0 Å². The Labute approximate surface area is 151 Å². The van der Waals surface area contributed by atoms with E-state index < -0.39 is 11.7 Å². The SMILES string of the molecule is CC(C)C(CN=C(N)NCCc1ccccc1)NC(=O)OC(C)(C)C. The number of alkyl carbamates (subject to hydrolysis) is 1. The predicted molar refractivity (Wildman–Crippen MR) is 103 cm³/mol. The van der Waals surface area contributed by atoms with Crippen molar-refractivity contribution in [2.75, 3.05) is 13.1 Å². The van der Waals surface area contributed by atoms with Crippen molar-refractivity contribution in [2.24, 2.45) is 16.6 Å². The molecule has 0 radical (unpaired) electrons. The van der Waals surface area contributed by atoms with Crippen LogP contribution in [-0.2, 0) is 11.2 Å². The molecule has 6 heteroatoms. The quantitative estimate of drug-likeness (QED) is 0.522. The van der Waals surface area contributed by atoms with Gasteiger partial charge in [0.25, 0.3) is 0 Å². The van der Waals surface area contributed by atoms with Gasteiger partial charge in [-0.05, 0) is 38.7 Å². The van der Waals surface area contributed by atoms with Crippen molar-refractivity contribution in [1.29, 1.82) is 0 Å². The van der Waals surface area contributed by atoms with E-state index in [2.05, 4.69) is 27.8 Å². The van der Waals surface area contributed by atoms with E-state index in [4.69, 9.17) is 10.5 Å². The molecule has 140 valence electrons. The number of carbonyl (C=O) groups excluding carboxylic acids is 1. The topological polar surface area (TPSA) is 88.7 Å². The van der Waals surface area contributed by atoms with Crippen molar-refractivity contribution in [3.63, 3.8) is 0 Å². The Kier molecular flexibility index (Phi) is 8.25. The van der Waals surface area contributed by atoms with Crippen molar-refractivity contribution in [3.8, 4) is 0 Å². The average Bonchev–Trinajstić information content (AvgIpc) is 2.50. The van der Waals surface area contributed by atoms with Crippen LogP contribution in [0.1, 0.15) is 40.2 Å². The zero-order chi connectivity index (χ0) is 18.9. The lowest BCUT2D eigenvalue weighted by Crippen LogP contribution is -2.44. The summed E-state index contributed by atoms with van der Waals surface area (Å²) in [5.74, 6) is 0.598. The van der Waals surface area contributed by atoms with Crippen LogP contribution in [0.5, 0.6) is 0 Å².